The number of pyridine rings is 1. The van der Waals surface area contributed by atoms with Crippen molar-refractivity contribution in [3.8, 4) is 0 Å². The van der Waals surface area contributed by atoms with E-state index in [1.807, 2.05) is 39.0 Å². The Morgan fingerprint density at radius 2 is 1.80 bits per heavy atom. The second-order valence-electron chi connectivity index (χ2n) is 5.70. The van der Waals surface area contributed by atoms with Gasteiger partial charge in [-0.2, -0.15) is 0 Å². The zero-order chi connectivity index (χ0) is 14.8. The molecule has 5 heteroatoms. The fourth-order valence-electron chi connectivity index (χ4n) is 1.75. The monoisotopic (exact) mass is 279 g/mol. The fraction of sp³-hybridized carbons (Fsp3) is 0.600. The highest BCUT2D eigenvalue weighted by molar-refractivity contribution is 5.68. The number of nitrogens with one attached hydrogen (secondary N) is 2. The quantitative estimate of drug-likeness (QED) is 0.828. The lowest BCUT2D eigenvalue weighted by atomic mass is 10.1. The van der Waals surface area contributed by atoms with E-state index in [1.165, 1.54) is 0 Å². The predicted octanol–water partition coefficient (Wildman–Crippen LogP) is 2.34. The lowest BCUT2D eigenvalue weighted by molar-refractivity contribution is 0.0495. The standard InChI is InChI=1S/C10H20N2O2.C5H5N/c1-10(2,3)14-9(13)12-8-4-6-11-7-5-8;1-2-4-6-5-3-1/h8,11H,4-7H2,1-3H3,(H,12,13);1-5H. The molecule has 1 aliphatic rings. The van der Waals surface area contributed by atoms with E-state index in [0.29, 0.717) is 0 Å². The van der Waals surface area contributed by atoms with Crippen LogP contribution in [-0.2, 0) is 4.74 Å². The first-order valence-corrected chi connectivity index (χ1v) is 7.02. The van der Waals surface area contributed by atoms with Gasteiger partial charge in [-0.1, -0.05) is 6.07 Å². The number of alkyl carbamates (subject to hydrolysis) is 1. The third kappa shape index (κ3) is 8.48. The Morgan fingerprint density at radius 3 is 2.20 bits per heavy atom. The molecule has 1 aliphatic heterocycles. The summed E-state index contributed by atoms with van der Waals surface area (Å²) in [5, 5.41) is 6.12. The van der Waals surface area contributed by atoms with Crippen molar-refractivity contribution >= 4 is 6.09 Å². The fourth-order valence-corrected chi connectivity index (χ4v) is 1.75. The van der Waals surface area contributed by atoms with Crippen molar-refractivity contribution in [3.05, 3.63) is 30.6 Å². The summed E-state index contributed by atoms with van der Waals surface area (Å²) in [6, 6.07) is 5.98. The Balaban J connectivity index is 0.000000276. The zero-order valence-electron chi connectivity index (χ0n) is 12.6. The van der Waals surface area contributed by atoms with Gasteiger partial charge in [-0.25, -0.2) is 4.79 Å². The van der Waals surface area contributed by atoms with Gasteiger partial charge >= 0.3 is 6.09 Å². The molecule has 0 saturated carbocycles. The van der Waals surface area contributed by atoms with Crippen molar-refractivity contribution in [2.24, 2.45) is 0 Å². The summed E-state index contributed by atoms with van der Waals surface area (Å²) < 4.78 is 5.17. The van der Waals surface area contributed by atoms with Crippen LogP contribution in [-0.4, -0.2) is 35.8 Å². The normalized spacial score (nSPS) is 15.8. The zero-order valence-corrected chi connectivity index (χ0v) is 12.6. The molecule has 0 spiro atoms. The second kappa shape index (κ2) is 8.53. The summed E-state index contributed by atoms with van der Waals surface area (Å²) in [6.45, 7) is 7.56. The SMILES string of the molecule is CC(C)(C)OC(=O)NC1CCNCC1.c1ccncc1. The smallest absolute Gasteiger partial charge is 0.407 e. The van der Waals surface area contributed by atoms with E-state index < -0.39 is 5.60 Å². The van der Waals surface area contributed by atoms with E-state index in [4.69, 9.17) is 4.74 Å². The van der Waals surface area contributed by atoms with Gasteiger partial charge in [0.15, 0.2) is 0 Å². The van der Waals surface area contributed by atoms with E-state index >= 15 is 0 Å². The highest BCUT2D eigenvalue weighted by Crippen LogP contribution is 2.08. The predicted molar refractivity (Wildman–Crippen MR) is 79.5 cm³/mol. The maximum Gasteiger partial charge on any atom is 0.407 e. The Kier molecular flexibility index (Phi) is 7.01. The van der Waals surface area contributed by atoms with Crippen LogP contribution in [0.3, 0.4) is 0 Å². The lowest BCUT2D eigenvalue weighted by Gasteiger charge is -2.26. The number of nitrogens with zero attached hydrogens (tertiary/aromatic N) is 1. The first-order valence-electron chi connectivity index (χ1n) is 7.02. The Labute approximate surface area is 121 Å². The van der Waals surface area contributed by atoms with Crippen molar-refractivity contribution in [2.75, 3.05) is 13.1 Å². The molecule has 2 N–H and O–H groups in total. The molecule has 0 aromatic carbocycles. The van der Waals surface area contributed by atoms with Crippen molar-refractivity contribution in [1.29, 1.82) is 0 Å². The molecule has 112 valence electrons. The van der Waals surface area contributed by atoms with Crippen LogP contribution < -0.4 is 10.6 Å². The van der Waals surface area contributed by atoms with Crippen LogP contribution in [0.5, 0.6) is 0 Å². The third-order valence-corrected chi connectivity index (χ3v) is 2.63. The largest absolute Gasteiger partial charge is 0.444 e. The van der Waals surface area contributed by atoms with Gasteiger partial charge in [0.1, 0.15) is 5.60 Å². The average molecular weight is 279 g/mol. The van der Waals surface area contributed by atoms with Crippen LogP contribution in [0.2, 0.25) is 0 Å². The minimum atomic E-state index is -0.406. The molecule has 0 aliphatic carbocycles. The van der Waals surface area contributed by atoms with Gasteiger partial charge in [0.05, 0.1) is 0 Å². The summed E-state index contributed by atoms with van der Waals surface area (Å²) in [5.74, 6) is 0. The minimum Gasteiger partial charge on any atom is -0.444 e. The number of rotatable bonds is 1. The maximum absolute atomic E-state index is 11.4. The molecule has 2 heterocycles. The van der Waals surface area contributed by atoms with Crippen LogP contribution in [0.4, 0.5) is 4.79 Å². The summed E-state index contributed by atoms with van der Waals surface area (Å²) in [7, 11) is 0. The van der Waals surface area contributed by atoms with Crippen LogP contribution in [0.15, 0.2) is 30.6 Å². The number of carbonyl (C=O) groups is 1. The number of hydrogen-bond acceptors (Lipinski definition) is 4. The van der Waals surface area contributed by atoms with Crippen molar-refractivity contribution in [3.63, 3.8) is 0 Å². The van der Waals surface area contributed by atoms with Gasteiger partial charge in [-0.05, 0) is 58.8 Å². The number of ether oxygens (including phenoxy) is 1. The highest BCUT2D eigenvalue weighted by Gasteiger charge is 2.20. The Morgan fingerprint density at radius 1 is 1.20 bits per heavy atom. The lowest BCUT2D eigenvalue weighted by Crippen LogP contribution is -2.44. The molecule has 1 aromatic heterocycles. The molecule has 1 fully saturated rings. The van der Waals surface area contributed by atoms with E-state index in [-0.39, 0.29) is 12.1 Å². The van der Waals surface area contributed by atoms with Crippen LogP contribution in [0, 0.1) is 0 Å². The maximum atomic E-state index is 11.4. The first-order chi connectivity index (χ1) is 9.47. The molecule has 2 rings (SSSR count). The van der Waals surface area contributed by atoms with E-state index in [9.17, 15) is 4.79 Å². The van der Waals surface area contributed by atoms with E-state index in [1.54, 1.807) is 12.4 Å². The van der Waals surface area contributed by atoms with E-state index in [2.05, 4.69) is 15.6 Å². The molecule has 1 aromatic rings. The second-order valence-corrected chi connectivity index (χ2v) is 5.70. The van der Waals surface area contributed by atoms with Crippen molar-refractivity contribution in [1.82, 2.24) is 15.6 Å². The highest BCUT2D eigenvalue weighted by atomic mass is 16.6. The minimum absolute atomic E-state index is 0.270. The Bertz CT molecular complexity index is 344. The molecule has 0 bridgehead atoms. The molecular formula is C15H25N3O2. The van der Waals surface area contributed by atoms with Gasteiger partial charge in [0.2, 0.25) is 0 Å². The molecule has 5 nitrogen and oxygen atoms in total. The molecule has 0 unspecified atom stereocenters. The summed E-state index contributed by atoms with van der Waals surface area (Å²) in [4.78, 5) is 15.2. The number of carbonyl (C=O) groups excluding carboxylic acids is 1. The molecular weight excluding hydrogens is 254 g/mol. The van der Waals surface area contributed by atoms with Gasteiger partial charge in [-0.15, -0.1) is 0 Å². The molecule has 1 saturated heterocycles. The first kappa shape index (κ1) is 16.4. The molecule has 0 atom stereocenters. The van der Waals surface area contributed by atoms with Gasteiger partial charge in [0, 0.05) is 18.4 Å². The number of hydrogen-bond donors (Lipinski definition) is 2. The van der Waals surface area contributed by atoms with E-state index in [0.717, 1.165) is 25.9 Å². The molecule has 0 radical (unpaired) electrons. The Hall–Kier alpha value is -1.62. The number of amides is 1. The van der Waals surface area contributed by atoms with Crippen LogP contribution in [0.25, 0.3) is 0 Å². The summed E-state index contributed by atoms with van der Waals surface area (Å²) in [5.41, 5.74) is -0.406. The van der Waals surface area contributed by atoms with Crippen LogP contribution in [0.1, 0.15) is 33.6 Å². The average Bonchev–Trinajstić information content (AvgIpc) is 2.40. The third-order valence-electron chi connectivity index (χ3n) is 2.63. The van der Waals surface area contributed by atoms with Gasteiger partial charge < -0.3 is 15.4 Å². The topological polar surface area (TPSA) is 63.2 Å². The summed E-state index contributed by atoms with van der Waals surface area (Å²) >= 11 is 0. The van der Waals surface area contributed by atoms with Crippen molar-refractivity contribution < 1.29 is 9.53 Å². The number of aromatic nitrogens is 1. The summed E-state index contributed by atoms with van der Waals surface area (Å²) in [6.07, 6.45) is 5.17. The van der Waals surface area contributed by atoms with Crippen LogP contribution >= 0.6 is 0 Å². The number of piperidine rings is 1. The molecule has 1 amide bonds. The van der Waals surface area contributed by atoms with Gasteiger partial charge in [-0.3, -0.25) is 4.98 Å². The van der Waals surface area contributed by atoms with Crippen molar-refractivity contribution in [2.45, 2.75) is 45.3 Å². The molecule has 20 heavy (non-hydrogen) atoms. The van der Waals surface area contributed by atoms with Gasteiger partial charge in [0.25, 0.3) is 0 Å².